The normalized spacial score (nSPS) is 24.3. The molecule has 196 valence electrons. The number of nitrogens with zero attached hydrogens (tertiary/aromatic N) is 2. The van der Waals surface area contributed by atoms with Gasteiger partial charge >= 0.3 is 0 Å². The summed E-state index contributed by atoms with van der Waals surface area (Å²) in [6.45, 7) is 2.61. The van der Waals surface area contributed by atoms with Crippen molar-refractivity contribution in [3.05, 3.63) is 58.7 Å². The molecule has 2 aromatic carbocycles. The molecule has 0 aromatic heterocycles. The zero-order valence-corrected chi connectivity index (χ0v) is 21.4. The Hall–Kier alpha value is -3.31. The predicted molar refractivity (Wildman–Crippen MR) is 132 cm³/mol. The summed E-state index contributed by atoms with van der Waals surface area (Å²) in [5.74, 6) is -1.71. The van der Waals surface area contributed by atoms with Crippen LogP contribution >= 0.6 is 0 Å². The molecular weight excluding hydrogens is 501 g/mol. The van der Waals surface area contributed by atoms with E-state index in [2.05, 4.69) is 5.32 Å². The number of rotatable bonds is 5. The molecule has 3 amide bonds. The molecule has 0 aliphatic carbocycles. The Morgan fingerprint density at radius 3 is 2.57 bits per heavy atom. The Balaban J connectivity index is 1.34. The van der Waals surface area contributed by atoms with Gasteiger partial charge in [0.2, 0.25) is 11.8 Å². The standard InChI is InChI=1S/C26H28FN3O6S/c1-15-3-7-23(37(34,35)36-2)20(11-15)18-9-10-29(14-21(18)27)17-5-4-16-13-30(26(33)19(16)12-17)22-6-8-24(31)28-25(22)32/h3-5,7,11-12,18,21-22H,6,8-10,13-14H2,1-2H3,(H,28,31,32)/t18-,21+,22?/m1/s1. The molecule has 0 bridgehead atoms. The zero-order chi connectivity index (χ0) is 26.5. The summed E-state index contributed by atoms with van der Waals surface area (Å²) in [6, 6.07) is 9.51. The lowest BCUT2D eigenvalue weighted by Crippen LogP contribution is -2.52. The van der Waals surface area contributed by atoms with E-state index >= 15 is 4.39 Å². The summed E-state index contributed by atoms with van der Waals surface area (Å²) in [4.78, 5) is 40.2. The zero-order valence-electron chi connectivity index (χ0n) is 20.6. The van der Waals surface area contributed by atoms with Crippen molar-refractivity contribution in [2.24, 2.45) is 0 Å². The van der Waals surface area contributed by atoms with Crippen LogP contribution in [0.15, 0.2) is 41.3 Å². The van der Waals surface area contributed by atoms with Crippen LogP contribution in [0.25, 0.3) is 0 Å². The fraction of sp³-hybridized carbons (Fsp3) is 0.423. The maximum atomic E-state index is 15.6. The first-order valence-corrected chi connectivity index (χ1v) is 13.6. The van der Waals surface area contributed by atoms with Gasteiger partial charge in [-0.2, -0.15) is 8.42 Å². The lowest BCUT2D eigenvalue weighted by atomic mass is 9.87. The fourth-order valence-electron chi connectivity index (χ4n) is 5.50. The number of halogens is 1. The van der Waals surface area contributed by atoms with Gasteiger partial charge in [0.05, 0.1) is 12.0 Å². The van der Waals surface area contributed by atoms with Crippen LogP contribution in [-0.2, 0) is 30.4 Å². The van der Waals surface area contributed by atoms with Gasteiger partial charge in [0.1, 0.15) is 12.2 Å². The number of aryl methyl sites for hydroxylation is 1. The fourth-order valence-corrected chi connectivity index (χ4v) is 6.42. The van der Waals surface area contributed by atoms with Gasteiger partial charge in [-0.25, -0.2) is 4.39 Å². The maximum Gasteiger partial charge on any atom is 0.296 e. The van der Waals surface area contributed by atoms with E-state index in [1.807, 2.05) is 24.0 Å². The number of alkyl halides is 1. The monoisotopic (exact) mass is 529 g/mol. The van der Waals surface area contributed by atoms with Gasteiger partial charge < -0.3 is 9.80 Å². The van der Waals surface area contributed by atoms with Crippen LogP contribution in [0.5, 0.6) is 0 Å². The molecule has 3 atom stereocenters. The average Bonchev–Trinajstić information content (AvgIpc) is 3.19. The first-order chi connectivity index (χ1) is 17.6. The minimum absolute atomic E-state index is 0.0154. The van der Waals surface area contributed by atoms with Gasteiger partial charge in [0, 0.05) is 43.2 Å². The number of fused-ring (bicyclic) bond motifs is 1. The van der Waals surface area contributed by atoms with Crippen LogP contribution in [0.4, 0.5) is 10.1 Å². The molecule has 3 aliphatic rings. The summed E-state index contributed by atoms with van der Waals surface area (Å²) in [7, 11) is -2.90. The second-order valence-corrected chi connectivity index (χ2v) is 11.4. The molecule has 0 saturated carbocycles. The highest BCUT2D eigenvalue weighted by Gasteiger charge is 2.40. The number of hydrogen-bond acceptors (Lipinski definition) is 7. The molecule has 2 fully saturated rings. The van der Waals surface area contributed by atoms with Crippen molar-refractivity contribution in [3.63, 3.8) is 0 Å². The van der Waals surface area contributed by atoms with E-state index in [1.54, 1.807) is 18.2 Å². The molecule has 1 N–H and O–H groups in total. The molecule has 37 heavy (non-hydrogen) atoms. The summed E-state index contributed by atoms with van der Waals surface area (Å²) < 4.78 is 45.2. The summed E-state index contributed by atoms with van der Waals surface area (Å²) in [5.41, 5.74) is 3.17. The summed E-state index contributed by atoms with van der Waals surface area (Å²) in [5, 5.41) is 2.29. The highest BCUT2D eigenvalue weighted by atomic mass is 32.2. The largest absolute Gasteiger partial charge is 0.369 e. The van der Waals surface area contributed by atoms with E-state index in [9.17, 15) is 22.8 Å². The number of carbonyl (C=O) groups is 3. The van der Waals surface area contributed by atoms with E-state index in [0.29, 0.717) is 29.8 Å². The smallest absolute Gasteiger partial charge is 0.296 e. The second-order valence-electron chi connectivity index (χ2n) is 9.76. The molecular formula is C26H28FN3O6S. The highest BCUT2D eigenvalue weighted by molar-refractivity contribution is 7.86. The van der Waals surface area contributed by atoms with Crippen molar-refractivity contribution in [3.8, 4) is 0 Å². The van der Waals surface area contributed by atoms with Gasteiger partial charge in [-0.15, -0.1) is 0 Å². The quantitative estimate of drug-likeness (QED) is 0.468. The van der Waals surface area contributed by atoms with Crippen molar-refractivity contribution in [2.45, 2.75) is 55.8 Å². The average molecular weight is 530 g/mol. The minimum Gasteiger partial charge on any atom is -0.369 e. The predicted octanol–water partition coefficient (Wildman–Crippen LogP) is 2.42. The van der Waals surface area contributed by atoms with Gasteiger partial charge in [0.15, 0.2) is 0 Å². The third-order valence-electron chi connectivity index (χ3n) is 7.47. The molecule has 2 saturated heterocycles. The third-order valence-corrected chi connectivity index (χ3v) is 8.82. The molecule has 0 spiro atoms. The van der Waals surface area contributed by atoms with Crippen molar-refractivity contribution in [1.82, 2.24) is 10.2 Å². The van der Waals surface area contributed by atoms with E-state index in [4.69, 9.17) is 4.18 Å². The maximum absolute atomic E-state index is 15.6. The molecule has 9 nitrogen and oxygen atoms in total. The SMILES string of the molecule is COS(=O)(=O)c1ccc(C)cc1[C@H]1CCN(c2ccc3c(c2)C(=O)N(C2CCC(=O)NC2=O)C3)C[C@@H]1F. The number of benzene rings is 2. The number of nitrogens with one attached hydrogen (secondary N) is 1. The minimum atomic E-state index is -3.99. The van der Waals surface area contributed by atoms with Crippen LogP contribution in [0.3, 0.4) is 0 Å². The second kappa shape index (κ2) is 9.53. The Bertz CT molecular complexity index is 1390. The van der Waals surface area contributed by atoms with Crippen LogP contribution in [0, 0.1) is 6.92 Å². The van der Waals surface area contributed by atoms with Gasteiger partial charge in [-0.1, -0.05) is 23.8 Å². The number of piperidine rings is 2. The van der Waals surface area contributed by atoms with Crippen molar-refractivity contribution >= 4 is 33.5 Å². The molecule has 1 unspecified atom stereocenters. The third kappa shape index (κ3) is 4.61. The molecule has 0 radical (unpaired) electrons. The van der Waals surface area contributed by atoms with Crippen LogP contribution in [-0.4, -0.2) is 63.5 Å². The van der Waals surface area contributed by atoms with Gasteiger partial charge in [-0.05, 0) is 49.1 Å². The summed E-state index contributed by atoms with van der Waals surface area (Å²) in [6.07, 6.45) is -0.494. The molecule has 11 heteroatoms. The van der Waals surface area contributed by atoms with E-state index in [1.165, 1.54) is 11.0 Å². The Morgan fingerprint density at radius 2 is 1.86 bits per heavy atom. The van der Waals surface area contributed by atoms with Crippen LogP contribution < -0.4 is 10.2 Å². The topological polar surface area (TPSA) is 113 Å². The van der Waals surface area contributed by atoms with E-state index in [-0.39, 0.29) is 42.6 Å². The van der Waals surface area contributed by atoms with Crippen molar-refractivity contribution in [2.75, 3.05) is 25.1 Å². The van der Waals surface area contributed by atoms with Crippen molar-refractivity contribution in [1.29, 1.82) is 0 Å². The molecule has 3 aliphatic heterocycles. The first kappa shape index (κ1) is 25.3. The van der Waals surface area contributed by atoms with Crippen LogP contribution in [0.2, 0.25) is 0 Å². The number of imide groups is 1. The molecule has 2 aromatic rings. The van der Waals surface area contributed by atoms with Crippen molar-refractivity contribution < 1.29 is 31.4 Å². The highest BCUT2D eigenvalue weighted by Crippen LogP contribution is 2.38. The van der Waals surface area contributed by atoms with E-state index < -0.39 is 34.2 Å². The Kier molecular flexibility index (Phi) is 6.53. The number of hydrogen-bond donors (Lipinski definition) is 1. The van der Waals surface area contributed by atoms with E-state index in [0.717, 1.165) is 18.2 Å². The number of amides is 3. The Labute approximate surface area is 214 Å². The molecule has 3 heterocycles. The summed E-state index contributed by atoms with van der Waals surface area (Å²) >= 11 is 0. The lowest BCUT2D eigenvalue weighted by molar-refractivity contribution is -0.136. The number of anilines is 1. The first-order valence-electron chi connectivity index (χ1n) is 12.2. The number of carbonyl (C=O) groups excluding carboxylic acids is 3. The Morgan fingerprint density at radius 1 is 1.08 bits per heavy atom. The lowest BCUT2D eigenvalue weighted by Gasteiger charge is -2.37. The van der Waals surface area contributed by atoms with Gasteiger partial charge in [-0.3, -0.25) is 23.9 Å². The van der Waals surface area contributed by atoms with Crippen LogP contribution in [0.1, 0.15) is 52.2 Å². The van der Waals surface area contributed by atoms with Gasteiger partial charge in [0.25, 0.3) is 16.0 Å². The molecule has 5 rings (SSSR count).